The molecule has 1 amide bonds. The average molecular weight is 272 g/mol. The lowest BCUT2D eigenvalue weighted by atomic mass is 10.0. The molecule has 0 saturated heterocycles. The summed E-state index contributed by atoms with van der Waals surface area (Å²) in [6.45, 7) is -0.684. The van der Waals surface area contributed by atoms with Gasteiger partial charge in [0, 0.05) is 19.9 Å². The molecule has 19 heavy (non-hydrogen) atoms. The summed E-state index contributed by atoms with van der Waals surface area (Å²) in [5, 5.41) is 30.0. The molecule has 0 aliphatic heterocycles. The predicted molar refractivity (Wildman–Crippen MR) is 67.8 cm³/mol. The van der Waals surface area contributed by atoms with E-state index in [1.807, 2.05) is 0 Å². The highest BCUT2D eigenvalue weighted by Crippen LogP contribution is 2.07. The van der Waals surface area contributed by atoms with Crippen molar-refractivity contribution in [1.29, 1.82) is 0 Å². The minimum Gasteiger partial charge on any atom is -0.394 e. The SMILES string of the molecule is COCCn1cccc1C(=O)NC(CO)(CO)CO. The normalized spacial score (nSPS) is 11.6. The zero-order valence-corrected chi connectivity index (χ0v) is 10.9. The Kier molecular flexibility index (Phi) is 5.97. The van der Waals surface area contributed by atoms with Crippen LogP contribution in [0.15, 0.2) is 18.3 Å². The number of methoxy groups -OCH3 is 1. The van der Waals surface area contributed by atoms with Gasteiger partial charge in [-0.05, 0) is 12.1 Å². The van der Waals surface area contributed by atoms with Gasteiger partial charge in [0.1, 0.15) is 11.2 Å². The highest BCUT2D eigenvalue weighted by Gasteiger charge is 2.31. The Balaban J connectivity index is 2.80. The van der Waals surface area contributed by atoms with E-state index in [9.17, 15) is 20.1 Å². The van der Waals surface area contributed by atoms with Crippen molar-refractivity contribution in [2.75, 3.05) is 33.5 Å². The van der Waals surface area contributed by atoms with Crippen molar-refractivity contribution < 1.29 is 24.9 Å². The fourth-order valence-corrected chi connectivity index (χ4v) is 1.58. The summed E-state index contributed by atoms with van der Waals surface area (Å²) >= 11 is 0. The number of ether oxygens (including phenoxy) is 1. The summed E-state index contributed by atoms with van der Waals surface area (Å²) in [5.74, 6) is -0.474. The number of carbonyl (C=O) groups excluding carboxylic acids is 1. The minimum atomic E-state index is -1.42. The van der Waals surface area contributed by atoms with Gasteiger partial charge in [-0.3, -0.25) is 4.79 Å². The lowest BCUT2D eigenvalue weighted by Gasteiger charge is -2.28. The van der Waals surface area contributed by atoms with Gasteiger partial charge in [-0.25, -0.2) is 0 Å². The van der Waals surface area contributed by atoms with Crippen molar-refractivity contribution in [3.8, 4) is 0 Å². The van der Waals surface area contributed by atoms with Crippen molar-refractivity contribution in [2.24, 2.45) is 0 Å². The Morgan fingerprint density at radius 2 is 2.00 bits per heavy atom. The van der Waals surface area contributed by atoms with Crippen LogP contribution in [0.3, 0.4) is 0 Å². The summed E-state index contributed by atoms with van der Waals surface area (Å²) in [5.41, 5.74) is -1.05. The van der Waals surface area contributed by atoms with Crippen molar-refractivity contribution in [1.82, 2.24) is 9.88 Å². The topological polar surface area (TPSA) is 104 Å². The van der Waals surface area contributed by atoms with E-state index in [2.05, 4.69) is 5.32 Å². The second-order valence-corrected chi connectivity index (χ2v) is 4.29. The third-order valence-corrected chi connectivity index (χ3v) is 2.89. The van der Waals surface area contributed by atoms with Gasteiger partial charge in [-0.1, -0.05) is 0 Å². The molecule has 1 heterocycles. The molecule has 0 bridgehead atoms. The number of nitrogens with one attached hydrogen (secondary N) is 1. The maximum absolute atomic E-state index is 12.1. The number of hydrogen-bond donors (Lipinski definition) is 4. The molecule has 108 valence electrons. The van der Waals surface area contributed by atoms with Crippen molar-refractivity contribution in [3.63, 3.8) is 0 Å². The Morgan fingerprint density at radius 3 is 2.53 bits per heavy atom. The van der Waals surface area contributed by atoms with E-state index in [1.165, 1.54) is 0 Å². The second kappa shape index (κ2) is 7.25. The van der Waals surface area contributed by atoms with Crippen molar-refractivity contribution in [2.45, 2.75) is 12.1 Å². The first kappa shape index (κ1) is 15.6. The third-order valence-electron chi connectivity index (χ3n) is 2.89. The minimum absolute atomic E-state index is 0.372. The van der Waals surface area contributed by atoms with Crippen LogP contribution in [0.1, 0.15) is 10.5 Å². The van der Waals surface area contributed by atoms with E-state index in [0.29, 0.717) is 18.8 Å². The summed E-state index contributed by atoms with van der Waals surface area (Å²) in [7, 11) is 1.57. The van der Waals surface area contributed by atoms with E-state index in [1.54, 1.807) is 30.0 Å². The summed E-state index contributed by atoms with van der Waals surface area (Å²) in [6.07, 6.45) is 1.73. The molecule has 1 aromatic rings. The molecule has 0 atom stereocenters. The van der Waals surface area contributed by atoms with Gasteiger partial charge in [-0.2, -0.15) is 0 Å². The van der Waals surface area contributed by atoms with Crippen LogP contribution in [0, 0.1) is 0 Å². The third kappa shape index (κ3) is 3.77. The zero-order chi connectivity index (χ0) is 14.3. The van der Waals surface area contributed by atoms with Crippen LogP contribution in [0.4, 0.5) is 0 Å². The molecule has 7 nitrogen and oxygen atoms in total. The van der Waals surface area contributed by atoms with Gasteiger partial charge in [0.2, 0.25) is 0 Å². The van der Waals surface area contributed by atoms with Gasteiger partial charge < -0.3 is 29.9 Å². The predicted octanol–water partition coefficient (Wildman–Crippen LogP) is -1.42. The number of aliphatic hydroxyl groups excluding tert-OH is 3. The van der Waals surface area contributed by atoms with Crippen molar-refractivity contribution in [3.05, 3.63) is 24.0 Å². The van der Waals surface area contributed by atoms with Crippen LogP contribution in [-0.4, -0.2) is 64.9 Å². The molecule has 0 fully saturated rings. The number of amides is 1. The quantitative estimate of drug-likeness (QED) is 0.465. The molecule has 0 radical (unpaired) electrons. The molecule has 0 spiro atoms. The van der Waals surface area contributed by atoms with Crippen LogP contribution in [0.25, 0.3) is 0 Å². The molecule has 1 rings (SSSR count). The first-order chi connectivity index (χ1) is 9.12. The summed E-state index contributed by atoms with van der Waals surface area (Å²) in [4.78, 5) is 12.1. The maximum Gasteiger partial charge on any atom is 0.268 e. The first-order valence-electron chi connectivity index (χ1n) is 5.91. The molecule has 4 N–H and O–H groups in total. The number of aliphatic hydroxyl groups is 3. The van der Waals surface area contributed by atoms with Gasteiger partial charge in [0.15, 0.2) is 0 Å². The zero-order valence-electron chi connectivity index (χ0n) is 10.9. The average Bonchev–Trinajstić information content (AvgIpc) is 2.91. The standard InChI is InChI=1S/C12H20N2O5/c1-19-6-5-14-4-2-3-10(14)11(18)13-12(7-15,8-16)9-17/h2-4,15-17H,5-9H2,1H3,(H,13,18). The van der Waals surface area contributed by atoms with Crippen molar-refractivity contribution >= 4 is 5.91 Å². The smallest absolute Gasteiger partial charge is 0.268 e. The lowest BCUT2D eigenvalue weighted by Crippen LogP contribution is -2.57. The molecular formula is C12H20N2O5. The van der Waals surface area contributed by atoms with Crippen LogP contribution in [0.2, 0.25) is 0 Å². The molecule has 0 aliphatic carbocycles. The number of nitrogens with zero attached hydrogens (tertiary/aromatic N) is 1. The highest BCUT2D eigenvalue weighted by molar-refractivity contribution is 5.93. The molecule has 0 saturated carbocycles. The first-order valence-corrected chi connectivity index (χ1v) is 5.91. The number of carbonyl (C=O) groups is 1. The summed E-state index contributed by atoms with van der Waals surface area (Å²) in [6, 6.07) is 3.32. The second-order valence-electron chi connectivity index (χ2n) is 4.29. The number of aromatic nitrogens is 1. The Bertz CT molecular complexity index is 392. The van der Waals surface area contributed by atoms with E-state index in [4.69, 9.17) is 4.74 Å². The Labute approximate surface area is 111 Å². The molecule has 1 aromatic heterocycles. The van der Waals surface area contributed by atoms with Gasteiger partial charge in [0.25, 0.3) is 5.91 Å². The Hall–Kier alpha value is -1.41. The Morgan fingerprint density at radius 1 is 1.37 bits per heavy atom. The molecular weight excluding hydrogens is 252 g/mol. The fourth-order valence-electron chi connectivity index (χ4n) is 1.58. The highest BCUT2D eigenvalue weighted by atomic mass is 16.5. The summed E-state index contributed by atoms with van der Waals surface area (Å²) < 4.78 is 6.63. The molecule has 0 unspecified atom stereocenters. The molecule has 7 heteroatoms. The monoisotopic (exact) mass is 272 g/mol. The van der Waals surface area contributed by atoms with Crippen LogP contribution in [-0.2, 0) is 11.3 Å². The van der Waals surface area contributed by atoms with Crippen LogP contribution in [0.5, 0.6) is 0 Å². The number of rotatable bonds is 8. The fraction of sp³-hybridized carbons (Fsp3) is 0.583. The lowest BCUT2D eigenvalue weighted by molar-refractivity contribution is 0.0370. The van der Waals surface area contributed by atoms with Crippen LogP contribution < -0.4 is 5.32 Å². The van der Waals surface area contributed by atoms with E-state index in [-0.39, 0.29) is 0 Å². The van der Waals surface area contributed by atoms with E-state index < -0.39 is 31.3 Å². The maximum atomic E-state index is 12.1. The van der Waals surface area contributed by atoms with Gasteiger partial charge in [0.05, 0.1) is 26.4 Å². The van der Waals surface area contributed by atoms with Gasteiger partial charge in [-0.15, -0.1) is 0 Å². The van der Waals surface area contributed by atoms with Gasteiger partial charge >= 0.3 is 0 Å². The van der Waals surface area contributed by atoms with E-state index in [0.717, 1.165) is 0 Å². The largest absolute Gasteiger partial charge is 0.394 e. The molecule has 0 aliphatic rings. The molecule has 0 aromatic carbocycles. The number of hydrogen-bond acceptors (Lipinski definition) is 5. The van der Waals surface area contributed by atoms with E-state index >= 15 is 0 Å². The van der Waals surface area contributed by atoms with Crippen LogP contribution >= 0.6 is 0 Å².